The van der Waals surface area contributed by atoms with E-state index in [1.807, 2.05) is 0 Å². The van der Waals surface area contributed by atoms with Gasteiger partial charge in [0.15, 0.2) is 0 Å². The van der Waals surface area contributed by atoms with Crippen LogP contribution in [0.2, 0.25) is 0 Å². The molecule has 0 aliphatic rings. The first-order chi connectivity index (χ1) is 3.43. The van der Waals surface area contributed by atoms with Gasteiger partial charge in [-0.3, -0.25) is 0 Å². The number of methoxy groups -OCH3 is 1. The molecule has 3 heteroatoms. The fraction of sp³-hybridized carbons (Fsp3) is 0.250. The second-order valence-corrected chi connectivity index (χ2v) is 1.04. The second kappa shape index (κ2) is 1.64. The fourth-order valence-corrected chi connectivity index (χ4v) is 0.307. The number of hydrogen-bond acceptors (Lipinski definition) is 3. The van der Waals surface area contributed by atoms with Gasteiger partial charge in [0.05, 0.1) is 7.11 Å². The highest BCUT2D eigenvalue weighted by Gasteiger charge is 1.87. The summed E-state index contributed by atoms with van der Waals surface area (Å²) in [5.74, 6) is 0.514. The molecule has 1 heterocycles. The van der Waals surface area contributed by atoms with E-state index >= 15 is 0 Å². The summed E-state index contributed by atoms with van der Waals surface area (Å²) >= 11 is 0. The van der Waals surface area contributed by atoms with Crippen LogP contribution >= 0.6 is 0 Å². The van der Waals surface area contributed by atoms with Gasteiger partial charge in [-0.05, 0) is 5.16 Å². The number of nitrogens with zero attached hydrogens (tertiary/aromatic N) is 1. The van der Waals surface area contributed by atoms with Crippen molar-refractivity contribution in [1.82, 2.24) is 5.16 Å². The monoisotopic (exact) mass is 99.0 g/mol. The molecular formula is C4H5NO2. The van der Waals surface area contributed by atoms with Crippen molar-refractivity contribution in [3.63, 3.8) is 0 Å². The van der Waals surface area contributed by atoms with Gasteiger partial charge in [0.25, 0.3) is 5.88 Å². The summed E-state index contributed by atoms with van der Waals surface area (Å²) in [6.07, 6.45) is 1.46. The van der Waals surface area contributed by atoms with E-state index in [0.29, 0.717) is 5.88 Å². The molecule has 0 aliphatic carbocycles. The third-order valence-corrected chi connectivity index (χ3v) is 0.623. The summed E-state index contributed by atoms with van der Waals surface area (Å²) in [5, 5.41) is 3.44. The van der Waals surface area contributed by atoms with Gasteiger partial charge < -0.3 is 9.26 Å². The van der Waals surface area contributed by atoms with Crippen LogP contribution in [0.4, 0.5) is 0 Å². The Morgan fingerprint density at radius 3 is 3.00 bits per heavy atom. The lowest BCUT2D eigenvalue weighted by Crippen LogP contribution is -1.78. The first-order valence-electron chi connectivity index (χ1n) is 1.88. The molecule has 1 rings (SSSR count). The molecule has 0 saturated carbocycles. The zero-order chi connectivity index (χ0) is 5.11. The first-order valence-corrected chi connectivity index (χ1v) is 1.88. The van der Waals surface area contributed by atoms with Crippen molar-refractivity contribution >= 4 is 0 Å². The Labute approximate surface area is 40.9 Å². The first kappa shape index (κ1) is 4.18. The predicted octanol–water partition coefficient (Wildman–Crippen LogP) is 0.683. The normalized spacial score (nSPS) is 8.71. The summed E-state index contributed by atoms with van der Waals surface area (Å²) in [6.45, 7) is 0. The van der Waals surface area contributed by atoms with Gasteiger partial charge in [0.2, 0.25) is 0 Å². The van der Waals surface area contributed by atoms with Gasteiger partial charge in [-0.15, -0.1) is 0 Å². The van der Waals surface area contributed by atoms with Crippen LogP contribution in [0.15, 0.2) is 16.9 Å². The minimum absolute atomic E-state index is 0.514. The molecule has 0 fully saturated rings. The molecule has 0 aliphatic heterocycles. The largest absolute Gasteiger partial charge is 0.479 e. The van der Waals surface area contributed by atoms with Crippen LogP contribution in [0.5, 0.6) is 5.88 Å². The van der Waals surface area contributed by atoms with E-state index in [4.69, 9.17) is 0 Å². The molecule has 0 spiro atoms. The average molecular weight is 99.1 g/mol. The standard InChI is InChI=1S/C4H5NO2/c1-6-4-2-3-7-5-4/h2-3H,1H3. The molecule has 38 valence electrons. The highest BCUT2D eigenvalue weighted by atomic mass is 16.5. The van der Waals surface area contributed by atoms with Crippen molar-refractivity contribution in [2.75, 3.05) is 7.11 Å². The topological polar surface area (TPSA) is 35.3 Å². The van der Waals surface area contributed by atoms with E-state index in [2.05, 4.69) is 14.4 Å². The second-order valence-electron chi connectivity index (χ2n) is 1.04. The minimum Gasteiger partial charge on any atom is -0.479 e. The molecule has 1 aromatic rings. The molecule has 0 saturated heterocycles. The molecular weight excluding hydrogens is 94.0 g/mol. The molecule has 7 heavy (non-hydrogen) atoms. The van der Waals surface area contributed by atoms with Gasteiger partial charge in [-0.1, -0.05) is 0 Å². The Hall–Kier alpha value is -0.990. The molecule has 3 nitrogen and oxygen atoms in total. The Morgan fingerprint density at radius 1 is 1.86 bits per heavy atom. The van der Waals surface area contributed by atoms with E-state index in [0.717, 1.165) is 0 Å². The number of aromatic nitrogens is 1. The van der Waals surface area contributed by atoms with Gasteiger partial charge in [-0.2, -0.15) is 0 Å². The van der Waals surface area contributed by atoms with Crippen LogP contribution in [-0.2, 0) is 0 Å². The van der Waals surface area contributed by atoms with Crippen LogP contribution in [0.3, 0.4) is 0 Å². The fourth-order valence-electron chi connectivity index (χ4n) is 0.307. The van der Waals surface area contributed by atoms with Crippen molar-refractivity contribution in [2.45, 2.75) is 0 Å². The maximum Gasteiger partial charge on any atom is 0.253 e. The van der Waals surface area contributed by atoms with E-state index in [9.17, 15) is 0 Å². The lowest BCUT2D eigenvalue weighted by atomic mass is 10.7. The Bertz CT molecular complexity index is 124. The molecule has 1 aromatic heterocycles. The molecule has 0 atom stereocenters. The van der Waals surface area contributed by atoms with E-state index in [1.54, 1.807) is 6.07 Å². The predicted molar refractivity (Wildman–Crippen MR) is 23.1 cm³/mol. The lowest BCUT2D eigenvalue weighted by molar-refractivity contribution is 0.339. The summed E-state index contributed by atoms with van der Waals surface area (Å²) in [6, 6.07) is 1.64. The van der Waals surface area contributed by atoms with Crippen molar-refractivity contribution < 1.29 is 9.26 Å². The molecule has 0 unspecified atom stereocenters. The third kappa shape index (κ3) is 0.707. The Morgan fingerprint density at radius 2 is 2.71 bits per heavy atom. The van der Waals surface area contributed by atoms with Crippen LogP contribution in [0, 0.1) is 0 Å². The summed E-state index contributed by atoms with van der Waals surface area (Å²) < 4.78 is 9.08. The number of hydrogen-bond donors (Lipinski definition) is 0. The van der Waals surface area contributed by atoms with E-state index in [-0.39, 0.29) is 0 Å². The molecule has 0 bridgehead atoms. The van der Waals surface area contributed by atoms with E-state index in [1.165, 1.54) is 13.4 Å². The van der Waals surface area contributed by atoms with Crippen LogP contribution in [-0.4, -0.2) is 12.3 Å². The van der Waals surface area contributed by atoms with Gasteiger partial charge in [0.1, 0.15) is 6.26 Å². The van der Waals surface area contributed by atoms with E-state index < -0.39 is 0 Å². The highest BCUT2D eigenvalue weighted by Crippen LogP contribution is 2.00. The Balaban J connectivity index is 2.76. The van der Waals surface area contributed by atoms with Crippen molar-refractivity contribution in [2.24, 2.45) is 0 Å². The molecule has 0 radical (unpaired) electrons. The Kier molecular flexibility index (Phi) is 0.978. The maximum absolute atomic E-state index is 4.65. The summed E-state index contributed by atoms with van der Waals surface area (Å²) in [5.41, 5.74) is 0. The van der Waals surface area contributed by atoms with Gasteiger partial charge in [-0.25, -0.2) is 0 Å². The van der Waals surface area contributed by atoms with Crippen molar-refractivity contribution in [3.05, 3.63) is 12.3 Å². The van der Waals surface area contributed by atoms with Crippen LogP contribution in [0.1, 0.15) is 0 Å². The zero-order valence-corrected chi connectivity index (χ0v) is 3.92. The summed E-state index contributed by atoms with van der Waals surface area (Å²) in [4.78, 5) is 0. The van der Waals surface area contributed by atoms with Gasteiger partial charge >= 0.3 is 0 Å². The SMILES string of the molecule is COc1ccon1. The lowest BCUT2D eigenvalue weighted by Gasteiger charge is -1.83. The number of rotatable bonds is 1. The average Bonchev–Trinajstić information content (AvgIpc) is 2.14. The smallest absolute Gasteiger partial charge is 0.253 e. The van der Waals surface area contributed by atoms with Crippen LogP contribution in [0.25, 0.3) is 0 Å². The molecule has 0 N–H and O–H groups in total. The third-order valence-electron chi connectivity index (χ3n) is 0.623. The maximum atomic E-state index is 4.65. The molecule has 0 aromatic carbocycles. The van der Waals surface area contributed by atoms with Crippen molar-refractivity contribution in [3.8, 4) is 5.88 Å². The highest BCUT2D eigenvalue weighted by molar-refractivity contribution is 5.00. The molecule has 0 amide bonds. The zero-order valence-electron chi connectivity index (χ0n) is 3.92. The quantitative estimate of drug-likeness (QED) is 0.519. The summed E-state index contributed by atoms with van der Waals surface area (Å²) in [7, 11) is 1.54. The van der Waals surface area contributed by atoms with Gasteiger partial charge in [0, 0.05) is 6.07 Å². The van der Waals surface area contributed by atoms with Crippen molar-refractivity contribution in [1.29, 1.82) is 0 Å². The number of ether oxygens (including phenoxy) is 1. The van der Waals surface area contributed by atoms with Crippen LogP contribution < -0.4 is 4.74 Å². The minimum atomic E-state index is 0.514.